The van der Waals surface area contributed by atoms with E-state index in [2.05, 4.69) is 0 Å². The fraction of sp³-hybridized carbons (Fsp3) is 0. The summed E-state index contributed by atoms with van der Waals surface area (Å²) in [5, 5.41) is 19.2. The van der Waals surface area contributed by atoms with Gasteiger partial charge in [-0.3, -0.25) is 3.07 Å². The molecule has 18 heavy (non-hydrogen) atoms. The second kappa shape index (κ2) is 4.81. The molecular formula is C12H7IO5. The molecule has 2 N–H and O–H groups in total. The molecule has 0 aromatic heterocycles. The van der Waals surface area contributed by atoms with Gasteiger partial charge in [-0.1, -0.05) is 24.3 Å². The molecule has 0 unspecified atom stereocenters. The first kappa shape index (κ1) is 12.6. The van der Waals surface area contributed by atoms with Crippen LogP contribution in [0.25, 0.3) is 10.8 Å². The number of carbonyl (C=O) groups is 2. The molecule has 0 amide bonds. The number of fused-ring (bicyclic) bond motifs is 1. The van der Waals surface area contributed by atoms with E-state index >= 15 is 0 Å². The van der Waals surface area contributed by atoms with E-state index in [0.29, 0.717) is 10.8 Å². The fourth-order valence-electron chi connectivity index (χ4n) is 1.81. The summed E-state index contributed by atoms with van der Waals surface area (Å²) in [6.07, 6.45) is 0. The fourth-order valence-corrected chi connectivity index (χ4v) is 2.99. The third kappa shape index (κ3) is 1.99. The maximum atomic E-state index is 11.3. The molecule has 2 aromatic carbocycles. The smallest absolute Gasteiger partial charge is 0.337 e. The van der Waals surface area contributed by atoms with E-state index in [9.17, 15) is 17.8 Å². The summed E-state index contributed by atoms with van der Waals surface area (Å²) in [4.78, 5) is 22.4. The lowest BCUT2D eigenvalue weighted by Gasteiger charge is -2.08. The predicted molar refractivity (Wildman–Crippen MR) is 71.3 cm³/mol. The van der Waals surface area contributed by atoms with Crippen LogP contribution < -0.4 is 0 Å². The van der Waals surface area contributed by atoms with Crippen LogP contribution in [0.15, 0.2) is 30.3 Å². The first-order valence-corrected chi connectivity index (χ1v) is 6.81. The van der Waals surface area contributed by atoms with Crippen LogP contribution in [0.1, 0.15) is 20.7 Å². The van der Waals surface area contributed by atoms with Gasteiger partial charge in [-0.05, 0) is 16.8 Å². The predicted octanol–water partition coefficient (Wildman–Crippen LogP) is 2.72. The average molecular weight is 358 g/mol. The van der Waals surface area contributed by atoms with Crippen LogP contribution >= 0.6 is 21.2 Å². The molecule has 0 saturated heterocycles. The number of carboxylic acid groups (broad SMARTS) is 2. The average Bonchev–Trinajstić information content (AvgIpc) is 2.35. The van der Waals surface area contributed by atoms with Gasteiger partial charge >= 0.3 is 11.9 Å². The van der Waals surface area contributed by atoms with Crippen LogP contribution in [0.2, 0.25) is 0 Å². The molecule has 2 aromatic rings. The van der Waals surface area contributed by atoms with Crippen molar-refractivity contribution < 1.29 is 22.9 Å². The summed E-state index contributed by atoms with van der Waals surface area (Å²) in [6.45, 7) is 0. The number of hydrogen-bond acceptors (Lipinski definition) is 3. The van der Waals surface area contributed by atoms with E-state index in [0.717, 1.165) is 0 Å². The van der Waals surface area contributed by atoms with Gasteiger partial charge in [0.2, 0.25) is 0 Å². The molecule has 0 atom stereocenters. The molecule has 0 aliphatic carbocycles. The number of benzene rings is 2. The summed E-state index contributed by atoms with van der Waals surface area (Å²) in [7, 11) is 0. The topological polar surface area (TPSA) is 91.7 Å². The van der Waals surface area contributed by atoms with Crippen molar-refractivity contribution in [3.8, 4) is 0 Å². The first-order valence-electron chi connectivity index (χ1n) is 4.85. The molecule has 0 spiro atoms. The Morgan fingerprint density at radius 2 is 1.61 bits per heavy atom. The molecule has 0 aliphatic heterocycles. The van der Waals surface area contributed by atoms with Gasteiger partial charge in [0, 0.05) is 0 Å². The summed E-state index contributed by atoms with van der Waals surface area (Å²) >= 11 is -1.76. The maximum absolute atomic E-state index is 11.3. The zero-order valence-corrected chi connectivity index (χ0v) is 11.0. The van der Waals surface area contributed by atoms with Crippen molar-refractivity contribution in [3.05, 3.63) is 45.0 Å². The van der Waals surface area contributed by atoms with E-state index in [1.165, 1.54) is 12.1 Å². The minimum Gasteiger partial charge on any atom is -0.478 e. The normalized spacial score (nSPS) is 10.4. The monoisotopic (exact) mass is 358 g/mol. The highest BCUT2D eigenvalue weighted by molar-refractivity contribution is 14.1. The van der Waals surface area contributed by atoms with E-state index in [1.807, 2.05) is 0 Å². The number of hydrogen-bond donors (Lipinski definition) is 2. The van der Waals surface area contributed by atoms with E-state index in [-0.39, 0.29) is 14.7 Å². The van der Waals surface area contributed by atoms with Gasteiger partial charge in [-0.2, -0.15) is 0 Å². The SMILES string of the molecule is O=Ic1cc2ccccc2c(C(=O)O)c1C(=O)O. The molecule has 92 valence electrons. The van der Waals surface area contributed by atoms with Crippen LogP contribution in [-0.2, 0) is 3.07 Å². The van der Waals surface area contributed by atoms with Crippen molar-refractivity contribution in [2.75, 3.05) is 0 Å². The van der Waals surface area contributed by atoms with Crippen molar-refractivity contribution in [1.29, 1.82) is 0 Å². The summed E-state index contributed by atoms with van der Waals surface area (Å²) < 4.78 is 11.2. The minimum atomic E-state index is -1.76. The lowest BCUT2D eigenvalue weighted by molar-refractivity contribution is 0.0652. The van der Waals surface area contributed by atoms with Gasteiger partial charge in [0.1, 0.15) is 0 Å². The molecule has 0 heterocycles. The third-order valence-corrected chi connectivity index (χ3v) is 3.84. The highest BCUT2D eigenvalue weighted by Crippen LogP contribution is 2.29. The highest BCUT2D eigenvalue weighted by Gasteiger charge is 2.23. The number of carboxylic acids is 2. The largest absolute Gasteiger partial charge is 0.478 e. The molecule has 0 aliphatic rings. The Morgan fingerprint density at radius 3 is 2.17 bits per heavy atom. The van der Waals surface area contributed by atoms with Crippen LogP contribution in [0.4, 0.5) is 0 Å². The Labute approximate surface area is 112 Å². The first-order chi connectivity index (χ1) is 8.56. The van der Waals surface area contributed by atoms with Crippen molar-refractivity contribution >= 4 is 43.9 Å². The Morgan fingerprint density at radius 1 is 1.00 bits per heavy atom. The van der Waals surface area contributed by atoms with Crippen LogP contribution in [0, 0.1) is 3.57 Å². The van der Waals surface area contributed by atoms with Crippen LogP contribution in [-0.4, -0.2) is 22.2 Å². The van der Waals surface area contributed by atoms with Gasteiger partial charge in [0.05, 0.1) is 14.7 Å². The quantitative estimate of drug-likeness (QED) is 0.824. The Balaban J connectivity index is 3.03. The molecule has 5 nitrogen and oxygen atoms in total. The molecule has 2 rings (SSSR count). The van der Waals surface area contributed by atoms with Crippen LogP contribution in [0.5, 0.6) is 0 Å². The van der Waals surface area contributed by atoms with Gasteiger partial charge < -0.3 is 10.2 Å². The van der Waals surface area contributed by atoms with Crippen molar-refractivity contribution in [2.24, 2.45) is 0 Å². The molecule has 6 heteroatoms. The molecule has 0 saturated carbocycles. The summed E-state index contributed by atoms with van der Waals surface area (Å²) in [5.74, 6) is -2.70. The van der Waals surface area contributed by atoms with Crippen molar-refractivity contribution in [3.63, 3.8) is 0 Å². The van der Waals surface area contributed by atoms with Gasteiger partial charge in [0.15, 0.2) is 21.2 Å². The number of rotatable bonds is 3. The lowest BCUT2D eigenvalue weighted by Crippen LogP contribution is -2.11. The number of halogens is 1. The molecular weight excluding hydrogens is 351 g/mol. The third-order valence-electron chi connectivity index (χ3n) is 2.51. The number of aromatic carboxylic acids is 2. The van der Waals surface area contributed by atoms with E-state index < -0.39 is 33.1 Å². The molecule has 0 bridgehead atoms. The molecule has 0 radical (unpaired) electrons. The minimum absolute atomic E-state index is 0.0948. The standard InChI is InChI=1S/C12H7IO5/c14-11(15)9-7-4-2-1-3-6(7)5-8(13-18)10(9)12(16)17/h1-5H,(H,14,15)(H,16,17). The van der Waals surface area contributed by atoms with Crippen molar-refractivity contribution in [1.82, 2.24) is 0 Å². The zero-order chi connectivity index (χ0) is 13.3. The van der Waals surface area contributed by atoms with Crippen LogP contribution in [0.3, 0.4) is 0 Å². The molecule has 0 fully saturated rings. The van der Waals surface area contributed by atoms with Gasteiger partial charge in [0.25, 0.3) is 0 Å². The zero-order valence-electron chi connectivity index (χ0n) is 8.88. The van der Waals surface area contributed by atoms with E-state index in [4.69, 9.17) is 5.11 Å². The lowest BCUT2D eigenvalue weighted by atomic mass is 9.99. The maximum Gasteiger partial charge on any atom is 0.337 e. The second-order valence-corrected chi connectivity index (χ2v) is 5.12. The Hall–Kier alpha value is -1.83. The summed E-state index contributed by atoms with van der Waals surface area (Å²) in [5.41, 5.74) is -0.671. The van der Waals surface area contributed by atoms with Gasteiger partial charge in [-0.15, -0.1) is 0 Å². The second-order valence-electron chi connectivity index (χ2n) is 3.52. The Bertz CT molecular complexity index is 677. The Kier molecular flexibility index (Phi) is 3.37. The van der Waals surface area contributed by atoms with Crippen molar-refractivity contribution in [2.45, 2.75) is 0 Å². The highest BCUT2D eigenvalue weighted by atomic mass is 127. The van der Waals surface area contributed by atoms with E-state index in [1.54, 1.807) is 18.2 Å². The van der Waals surface area contributed by atoms with Gasteiger partial charge in [-0.25, -0.2) is 9.59 Å². The summed E-state index contributed by atoms with van der Waals surface area (Å²) in [6, 6.07) is 8.02.